The Morgan fingerprint density at radius 3 is 2.62 bits per heavy atom. The molecule has 0 saturated carbocycles. The van der Waals surface area contributed by atoms with Crippen LogP contribution < -0.4 is 5.32 Å². The topological polar surface area (TPSA) is 30.9 Å². The van der Waals surface area contributed by atoms with Crippen LogP contribution in [0.2, 0.25) is 0 Å². The van der Waals surface area contributed by atoms with E-state index in [0.29, 0.717) is 5.41 Å². The molecule has 2 rings (SSSR count). The van der Waals surface area contributed by atoms with Gasteiger partial charge in [0.2, 0.25) is 0 Å². The van der Waals surface area contributed by atoms with Crippen molar-refractivity contribution >= 4 is 29.9 Å². The van der Waals surface area contributed by atoms with Crippen LogP contribution in [0.5, 0.6) is 0 Å². The third-order valence-electron chi connectivity index (χ3n) is 4.81. The Morgan fingerprint density at radius 1 is 1.29 bits per heavy atom. The SMILES string of the molecule is CN=C(NCCN1CCCCC1C)N1CCC(C)(C)C1.I. The molecule has 2 aliphatic heterocycles. The first-order valence-corrected chi connectivity index (χ1v) is 8.21. The molecule has 1 atom stereocenters. The molecule has 1 unspecified atom stereocenters. The summed E-state index contributed by atoms with van der Waals surface area (Å²) in [6.07, 6.45) is 5.38. The maximum Gasteiger partial charge on any atom is 0.193 e. The Bertz CT molecular complexity index is 343. The fourth-order valence-corrected chi connectivity index (χ4v) is 3.43. The highest BCUT2D eigenvalue weighted by molar-refractivity contribution is 14.0. The molecule has 21 heavy (non-hydrogen) atoms. The van der Waals surface area contributed by atoms with Crippen LogP contribution in [0.25, 0.3) is 0 Å². The lowest BCUT2D eigenvalue weighted by Crippen LogP contribution is -2.46. The third-order valence-corrected chi connectivity index (χ3v) is 4.81. The van der Waals surface area contributed by atoms with Gasteiger partial charge in [0.25, 0.3) is 0 Å². The average molecular weight is 408 g/mol. The van der Waals surface area contributed by atoms with Crippen molar-refractivity contribution in [3.63, 3.8) is 0 Å². The monoisotopic (exact) mass is 408 g/mol. The van der Waals surface area contributed by atoms with E-state index in [4.69, 9.17) is 0 Å². The first-order chi connectivity index (χ1) is 9.52. The summed E-state index contributed by atoms with van der Waals surface area (Å²) in [5.74, 6) is 1.08. The number of piperidine rings is 1. The molecule has 2 heterocycles. The molecule has 0 radical (unpaired) electrons. The van der Waals surface area contributed by atoms with Gasteiger partial charge in [0.15, 0.2) is 5.96 Å². The van der Waals surface area contributed by atoms with Crippen molar-refractivity contribution in [3.05, 3.63) is 0 Å². The lowest BCUT2D eigenvalue weighted by Gasteiger charge is -2.33. The van der Waals surface area contributed by atoms with E-state index in [-0.39, 0.29) is 24.0 Å². The van der Waals surface area contributed by atoms with Gasteiger partial charge in [-0.1, -0.05) is 20.3 Å². The van der Waals surface area contributed by atoms with E-state index in [0.717, 1.165) is 38.2 Å². The third kappa shape index (κ3) is 5.58. The fourth-order valence-electron chi connectivity index (χ4n) is 3.43. The maximum absolute atomic E-state index is 4.45. The van der Waals surface area contributed by atoms with Crippen LogP contribution in [-0.2, 0) is 0 Å². The molecular formula is C16H33IN4. The van der Waals surface area contributed by atoms with Crippen LogP contribution in [0.15, 0.2) is 4.99 Å². The summed E-state index contributed by atoms with van der Waals surface area (Å²) in [6.45, 7) is 12.7. The molecule has 0 aromatic carbocycles. The van der Waals surface area contributed by atoms with Crippen LogP contribution in [0.4, 0.5) is 0 Å². The van der Waals surface area contributed by atoms with E-state index in [1.54, 1.807) is 0 Å². The molecule has 0 bridgehead atoms. The van der Waals surface area contributed by atoms with E-state index in [1.807, 2.05) is 7.05 Å². The Kier molecular flexibility index (Phi) is 7.74. The highest BCUT2D eigenvalue weighted by Crippen LogP contribution is 2.28. The van der Waals surface area contributed by atoms with Gasteiger partial charge < -0.3 is 10.2 Å². The molecule has 0 aromatic rings. The number of hydrogen-bond donors (Lipinski definition) is 1. The number of nitrogens with zero attached hydrogens (tertiary/aromatic N) is 3. The zero-order valence-electron chi connectivity index (χ0n) is 14.2. The smallest absolute Gasteiger partial charge is 0.193 e. The van der Waals surface area contributed by atoms with Gasteiger partial charge in [-0.25, -0.2) is 0 Å². The minimum absolute atomic E-state index is 0. The largest absolute Gasteiger partial charge is 0.355 e. The predicted molar refractivity (Wildman–Crippen MR) is 102 cm³/mol. The van der Waals surface area contributed by atoms with Gasteiger partial charge >= 0.3 is 0 Å². The predicted octanol–water partition coefficient (Wildman–Crippen LogP) is 2.79. The average Bonchev–Trinajstić information content (AvgIpc) is 2.77. The summed E-state index contributed by atoms with van der Waals surface area (Å²) >= 11 is 0. The summed E-state index contributed by atoms with van der Waals surface area (Å²) in [5.41, 5.74) is 0.430. The van der Waals surface area contributed by atoms with Crippen molar-refractivity contribution in [2.45, 2.75) is 52.5 Å². The number of likely N-dealkylation sites (tertiary alicyclic amines) is 2. The second-order valence-electron chi connectivity index (χ2n) is 7.19. The normalized spacial score (nSPS) is 26.6. The van der Waals surface area contributed by atoms with E-state index < -0.39 is 0 Å². The van der Waals surface area contributed by atoms with E-state index in [1.165, 1.54) is 32.2 Å². The standard InChI is InChI=1S/C16H32N4.HI/c1-14-7-5-6-10-19(14)12-9-18-15(17-4)20-11-8-16(2,3)13-20;/h14H,5-13H2,1-4H3,(H,17,18);1H. The Labute approximate surface area is 147 Å². The molecule has 0 spiro atoms. The van der Waals surface area contributed by atoms with Crippen molar-refractivity contribution in [2.75, 3.05) is 39.8 Å². The molecule has 2 aliphatic rings. The maximum atomic E-state index is 4.45. The van der Waals surface area contributed by atoms with Gasteiger partial charge in [0, 0.05) is 39.3 Å². The van der Waals surface area contributed by atoms with Gasteiger partial charge in [-0.05, 0) is 38.1 Å². The Balaban J connectivity index is 0.00000220. The van der Waals surface area contributed by atoms with E-state index >= 15 is 0 Å². The van der Waals surface area contributed by atoms with Crippen molar-refractivity contribution in [2.24, 2.45) is 10.4 Å². The van der Waals surface area contributed by atoms with Crippen LogP contribution >= 0.6 is 24.0 Å². The Hall–Kier alpha value is -0.0400. The van der Waals surface area contributed by atoms with Crippen LogP contribution in [0, 0.1) is 5.41 Å². The fraction of sp³-hybridized carbons (Fsp3) is 0.938. The lowest BCUT2D eigenvalue weighted by molar-refractivity contribution is 0.163. The van der Waals surface area contributed by atoms with Crippen LogP contribution in [0.3, 0.4) is 0 Å². The molecule has 0 amide bonds. The molecule has 2 fully saturated rings. The second-order valence-corrected chi connectivity index (χ2v) is 7.19. The number of rotatable bonds is 3. The van der Waals surface area contributed by atoms with Crippen LogP contribution in [-0.4, -0.2) is 61.6 Å². The van der Waals surface area contributed by atoms with Gasteiger partial charge in [0.05, 0.1) is 0 Å². The summed E-state index contributed by atoms with van der Waals surface area (Å²) in [4.78, 5) is 9.46. The van der Waals surface area contributed by atoms with Gasteiger partial charge in [-0.3, -0.25) is 9.89 Å². The highest BCUT2D eigenvalue weighted by Gasteiger charge is 2.30. The van der Waals surface area contributed by atoms with Crippen molar-refractivity contribution < 1.29 is 0 Å². The highest BCUT2D eigenvalue weighted by atomic mass is 127. The molecule has 5 heteroatoms. The van der Waals surface area contributed by atoms with Crippen molar-refractivity contribution in [1.82, 2.24) is 15.1 Å². The summed E-state index contributed by atoms with van der Waals surface area (Å²) in [7, 11) is 1.90. The molecule has 1 N–H and O–H groups in total. The summed E-state index contributed by atoms with van der Waals surface area (Å²) in [5, 5.41) is 3.55. The molecule has 2 saturated heterocycles. The molecular weight excluding hydrogens is 375 g/mol. The summed E-state index contributed by atoms with van der Waals surface area (Å²) in [6, 6.07) is 0.748. The van der Waals surface area contributed by atoms with Gasteiger partial charge in [-0.15, -0.1) is 24.0 Å². The quantitative estimate of drug-likeness (QED) is 0.443. The van der Waals surface area contributed by atoms with Gasteiger partial charge in [0.1, 0.15) is 0 Å². The van der Waals surface area contributed by atoms with Crippen molar-refractivity contribution in [1.29, 1.82) is 0 Å². The molecule has 0 aliphatic carbocycles. The van der Waals surface area contributed by atoms with E-state index in [9.17, 15) is 0 Å². The van der Waals surface area contributed by atoms with Crippen molar-refractivity contribution in [3.8, 4) is 0 Å². The zero-order valence-corrected chi connectivity index (χ0v) is 16.5. The number of aliphatic imine (C=N–C) groups is 1. The van der Waals surface area contributed by atoms with Crippen LogP contribution in [0.1, 0.15) is 46.5 Å². The first kappa shape index (κ1) is 19.0. The minimum Gasteiger partial charge on any atom is -0.355 e. The molecule has 4 nitrogen and oxygen atoms in total. The van der Waals surface area contributed by atoms with E-state index in [2.05, 4.69) is 40.9 Å². The number of hydrogen-bond acceptors (Lipinski definition) is 2. The Morgan fingerprint density at radius 2 is 2.05 bits per heavy atom. The number of halogens is 1. The molecule has 124 valence electrons. The minimum atomic E-state index is 0. The second kappa shape index (κ2) is 8.56. The zero-order chi connectivity index (χ0) is 14.6. The summed E-state index contributed by atoms with van der Waals surface area (Å²) < 4.78 is 0. The number of guanidine groups is 1. The molecule has 0 aromatic heterocycles. The lowest BCUT2D eigenvalue weighted by atomic mass is 9.93. The first-order valence-electron chi connectivity index (χ1n) is 8.21. The number of nitrogens with one attached hydrogen (secondary N) is 1. The van der Waals surface area contributed by atoms with Gasteiger partial charge in [-0.2, -0.15) is 0 Å².